The van der Waals surface area contributed by atoms with E-state index in [0.717, 1.165) is 23.7 Å². The molecule has 0 saturated heterocycles. The molecule has 1 aromatic carbocycles. The van der Waals surface area contributed by atoms with Crippen LogP contribution in [-0.2, 0) is 11.3 Å². The first-order chi connectivity index (χ1) is 6.33. The van der Waals surface area contributed by atoms with Crippen LogP contribution in [0.1, 0.15) is 5.56 Å². The van der Waals surface area contributed by atoms with Gasteiger partial charge in [0.25, 0.3) is 0 Å². The maximum atomic E-state index is 5.74. The van der Waals surface area contributed by atoms with Crippen LogP contribution in [0.3, 0.4) is 0 Å². The number of quaternary nitrogens is 1. The Morgan fingerprint density at radius 2 is 2.00 bits per heavy atom. The maximum Gasteiger partial charge on any atom is 0.0938 e. The predicted octanol–water partition coefficient (Wildman–Crippen LogP) is 1.21. The highest BCUT2D eigenvalue weighted by Gasteiger charge is 1.92. The van der Waals surface area contributed by atoms with Crippen molar-refractivity contribution in [1.82, 2.24) is 0 Å². The number of hydrogen-bond acceptors (Lipinski definition) is 1. The summed E-state index contributed by atoms with van der Waals surface area (Å²) in [6.45, 7) is 2.27. The summed E-state index contributed by atoms with van der Waals surface area (Å²) in [6.07, 6.45) is 0. The molecule has 0 radical (unpaired) electrons. The molecule has 1 aromatic rings. The van der Waals surface area contributed by atoms with Gasteiger partial charge in [0.05, 0.1) is 19.8 Å². The molecule has 0 amide bonds. The van der Waals surface area contributed by atoms with E-state index < -0.39 is 0 Å². The van der Waals surface area contributed by atoms with E-state index in [4.69, 9.17) is 16.3 Å². The molecule has 0 heterocycles. The number of halogens is 1. The minimum atomic E-state index is 0.644. The van der Waals surface area contributed by atoms with E-state index in [1.165, 1.54) is 0 Å². The zero-order chi connectivity index (χ0) is 9.52. The summed E-state index contributed by atoms with van der Waals surface area (Å²) in [6, 6.07) is 7.67. The highest BCUT2D eigenvalue weighted by Crippen LogP contribution is 2.09. The van der Waals surface area contributed by atoms with Crippen molar-refractivity contribution in [3.8, 4) is 0 Å². The number of benzene rings is 1. The van der Waals surface area contributed by atoms with E-state index in [1.807, 2.05) is 29.6 Å². The minimum absolute atomic E-state index is 0.644. The largest absolute Gasteiger partial charge is 0.477 e. The number of rotatable bonds is 5. The second-order valence-corrected chi connectivity index (χ2v) is 3.19. The lowest BCUT2D eigenvalue weighted by atomic mass is 10.2. The number of nitrogens with two attached hydrogens (primary N) is 1. The van der Waals surface area contributed by atoms with E-state index in [2.05, 4.69) is 7.05 Å². The highest BCUT2D eigenvalue weighted by molar-refractivity contribution is 6.30. The molecule has 0 unspecified atom stereocenters. The topological polar surface area (TPSA) is 25.8 Å². The lowest BCUT2D eigenvalue weighted by molar-refractivity contribution is -0.597. The van der Waals surface area contributed by atoms with E-state index in [9.17, 15) is 0 Å². The summed E-state index contributed by atoms with van der Waals surface area (Å²) < 4.78 is 5.39. The first kappa shape index (κ1) is 10.5. The molecule has 72 valence electrons. The van der Waals surface area contributed by atoms with Crippen LogP contribution in [0.15, 0.2) is 24.3 Å². The average molecular weight is 200 g/mol. The van der Waals surface area contributed by atoms with Gasteiger partial charge in [-0.3, -0.25) is 0 Å². The lowest BCUT2D eigenvalue weighted by Crippen LogP contribution is -2.78. The van der Waals surface area contributed by atoms with E-state index in [0.29, 0.717) is 6.61 Å². The van der Waals surface area contributed by atoms with Crippen molar-refractivity contribution in [3.05, 3.63) is 41.9 Å². The summed E-state index contributed by atoms with van der Waals surface area (Å²) in [5.74, 6) is 0. The molecular formula is C10H14ClNO. The van der Waals surface area contributed by atoms with Crippen molar-refractivity contribution in [1.29, 1.82) is 0 Å². The Morgan fingerprint density at radius 1 is 1.31 bits per heavy atom. The maximum absolute atomic E-state index is 5.74. The van der Waals surface area contributed by atoms with E-state index in [1.54, 1.807) is 0 Å². The molecule has 0 aliphatic carbocycles. The molecule has 0 saturated carbocycles. The predicted molar refractivity (Wildman–Crippen MR) is 53.3 cm³/mol. The third-order valence-electron chi connectivity index (χ3n) is 1.65. The normalized spacial score (nSPS) is 10.3. The second kappa shape index (κ2) is 5.97. The zero-order valence-corrected chi connectivity index (χ0v) is 8.26. The first-order valence-electron chi connectivity index (χ1n) is 4.26. The standard InChI is InChI=1S/C10H14ClNO/c1-12-6-7-13-8-9-2-4-10(11)5-3-9/h2-5H,1,6-8,12H2. The fraction of sp³-hybridized carbons (Fsp3) is 0.300. The van der Waals surface area contributed by atoms with Crippen molar-refractivity contribution < 1.29 is 10.1 Å². The Balaban J connectivity index is 2.25. The Bertz CT molecular complexity index is 235. The molecule has 3 heteroatoms. The monoisotopic (exact) mass is 199 g/mol. The average Bonchev–Trinajstić information content (AvgIpc) is 2.15. The van der Waals surface area contributed by atoms with Crippen LogP contribution in [0.2, 0.25) is 5.02 Å². The smallest absolute Gasteiger partial charge is 0.0938 e. The summed E-state index contributed by atoms with van der Waals surface area (Å²) in [4.78, 5) is 0. The molecule has 2 N–H and O–H groups in total. The van der Waals surface area contributed by atoms with Gasteiger partial charge in [0.15, 0.2) is 0 Å². The Hall–Kier alpha value is -0.570. The van der Waals surface area contributed by atoms with Gasteiger partial charge < -0.3 is 10.1 Å². The fourth-order valence-corrected chi connectivity index (χ4v) is 1.06. The molecular weight excluding hydrogens is 186 g/mol. The Morgan fingerprint density at radius 3 is 2.62 bits per heavy atom. The van der Waals surface area contributed by atoms with Crippen LogP contribution >= 0.6 is 11.6 Å². The van der Waals surface area contributed by atoms with Crippen molar-refractivity contribution in [2.24, 2.45) is 0 Å². The zero-order valence-electron chi connectivity index (χ0n) is 7.50. The lowest BCUT2D eigenvalue weighted by Gasteiger charge is -2.03. The van der Waals surface area contributed by atoms with Gasteiger partial charge in [-0.05, 0) is 17.7 Å². The summed E-state index contributed by atoms with van der Waals surface area (Å²) in [5.41, 5.74) is 1.15. The van der Waals surface area contributed by atoms with Crippen LogP contribution in [0, 0.1) is 7.05 Å². The van der Waals surface area contributed by atoms with Gasteiger partial charge >= 0.3 is 0 Å². The molecule has 0 aromatic heterocycles. The van der Waals surface area contributed by atoms with Crippen LogP contribution < -0.4 is 5.32 Å². The second-order valence-electron chi connectivity index (χ2n) is 2.76. The molecule has 2 nitrogen and oxygen atoms in total. The van der Waals surface area contributed by atoms with Crippen LogP contribution in [0.5, 0.6) is 0 Å². The molecule has 1 rings (SSSR count). The van der Waals surface area contributed by atoms with Gasteiger partial charge in [0.1, 0.15) is 0 Å². The Kier molecular flexibility index (Phi) is 4.83. The Labute approximate surface area is 83.9 Å². The van der Waals surface area contributed by atoms with Crippen molar-refractivity contribution in [3.63, 3.8) is 0 Å². The van der Waals surface area contributed by atoms with Gasteiger partial charge in [0.2, 0.25) is 0 Å². The van der Waals surface area contributed by atoms with Gasteiger partial charge in [-0.15, -0.1) is 0 Å². The molecule has 0 bridgehead atoms. The van der Waals surface area contributed by atoms with Gasteiger partial charge in [0, 0.05) is 5.02 Å². The third-order valence-corrected chi connectivity index (χ3v) is 1.90. The summed E-state index contributed by atoms with van der Waals surface area (Å²) in [7, 11) is 3.62. The molecule has 0 aliphatic heterocycles. The third kappa shape index (κ3) is 4.27. The fourth-order valence-electron chi connectivity index (χ4n) is 0.937. The first-order valence-corrected chi connectivity index (χ1v) is 4.64. The van der Waals surface area contributed by atoms with Crippen molar-refractivity contribution in [2.75, 3.05) is 13.2 Å². The van der Waals surface area contributed by atoms with Gasteiger partial charge in [-0.2, -0.15) is 7.05 Å². The number of ether oxygens (including phenoxy) is 1. The highest BCUT2D eigenvalue weighted by atomic mass is 35.5. The van der Waals surface area contributed by atoms with E-state index >= 15 is 0 Å². The summed E-state index contributed by atoms with van der Waals surface area (Å²) in [5, 5.41) is 2.61. The molecule has 13 heavy (non-hydrogen) atoms. The minimum Gasteiger partial charge on any atom is -0.477 e. The SMILES string of the molecule is [CH2-][NH2+]CCOCc1ccc(Cl)cc1. The molecule has 0 fully saturated rings. The molecule has 0 atom stereocenters. The van der Waals surface area contributed by atoms with E-state index in [-0.39, 0.29) is 0 Å². The van der Waals surface area contributed by atoms with Crippen molar-refractivity contribution in [2.45, 2.75) is 6.61 Å². The molecule has 0 aliphatic rings. The van der Waals surface area contributed by atoms with Crippen LogP contribution in [-0.4, -0.2) is 13.2 Å². The van der Waals surface area contributed by atoms with Crippen LogP contribution in [0.25, 0.3) is 0 Å². The van der Waals surface area contributed by atoms with Crippen LogP contribution in [0.4, 0.5) is 0 Å². The van der Waals surface area contributed by atoms with Gasteiger partial charge in [-0.25, -0.2) is 0 Å². The number of hydrogen-bond donors (Lipinski definition) is 1. The quantitative estimate of drug-likeness (QED) is 0.560. The van der Waals surface area contributed by atoms with Gasteiger partial charge in [-0.1, -0.05) is 23.7 Å². The summed E-state index contributed by atoms with van der Waals surface area (Å²) >= 11 is 5.74. The van der Waals surface area contributed by atoms with Crippen molar-refractivity contribution >= 4 is 11.6 Å². The molecule has 0 spiro atoms.